The van der Waals surface area contributed by atoms with Gasteiger partial charge in [-0.2, -0.15) is 0 Å². The van der Waals surface area contributed by atoms with Crippen molar-refractivity contribution in [3.05, 3.63) is 58.6 Å². The number of halogens is 1. The normalized spacial score (nSPS) is 11.6. The average Bonchev–Trinajstić information content (AvgIpc) is 3.29. The van der Waals surface area contributed by atoms with Crippen molar-refractivity contribution in [2.75, 3.05) is 11.6 Å². The van der Waals surface area contributed by atoms with Crippen LogP contribution in [0.15, 0.2) is 52.9 Å². The minimum atomic E-state index is -3.53. The quantitative estimate of drug-likeness (QED) is 0.507. The number of imidazole rings is 1. The summed E-state index contributed by atoms with van der Waals surface area (Å²) in [7, 11) is -3.53. The molecular weight excluding hydrogens is 420 g/mol. The molecule has 0 saturated heterocycles. The molecule has 1 amide bonds. The van der Waals surface area contributed by atoms with Crippen molar-refractivity contribution in [1.29, 1.82) is 0 Å². The molecule has 2 aromatic carbocycles. The summed E-state index contributed by atoms with van der Waals surface area (Å²) in [6.07, 6.45) is 2.71. The van der Waals surface area contributed by atoms with Crippen molar-refractivity contribution in [3.8, 4) is 11.4 Å². The van der Waals surface area contributed by atoms with E-state index < -0.39 is 9.84 Å². The number of nitrogens with zero attached hydrogens (tertiary/aromatic N) is 2. The van der Waals surface area contributed by atoms with Gasteiger partial charge in [-0.1, -0.05) is 17.7 Å². The van der Waals surface area contributed by atoms with Crippen molar-refractivity contribution < 1.29 is 13.2 Å². The van der Waals surface area contributed by atoms with Crippen molar-refractivity contribution in [1.82, 2.24) is 15.0 Å². The summed E-state index contributed by atoms with van der Waals surface area (Å²) in [6.45, 7) is 0. The van der Waals surface area contributed by atoms with Gasteiger partial charge in [-0.15, -0.1) is 11.3 Å². The van der Waals surface area contributed by atoms with Gasteiger partial charge in [0, 0.05) is 28.4 Å². The van der Waals surface area contributed by atoms with Crippen LogP contribution in [-0.2, 0) is 9.84 Å². The minimum absolute atomic E-state index is 0.0628. The lowest BCUT2D eigenvalue weighted by Gasteiger charge is -2.06. The average molecular weight is 433 g/mol. The molecule has 2 heterocycles. The topological polar surface area (TPSA) is 105 Å². The Morgan fingerprint density at radius 1 is 1.25 bits per heavy atom. The second kappa shape index (κ2) is 7.01. The van der Waals surface area contributed by atoms with Crippen LogP contribution >= 0.6 is 22.9 Å². The fourth-order valence-electron chi connectivity index (χ4n) is 2.79. The van der Waals surface area contributed by atoms with Crippen LogP contribution in [0.5, 0.6) is 0 Å². The maximum Gasteiger partial charge on any atom is 0.259 e. The summed E-state index contributed by atoms with van der Waals surface area (Å²) in [4.78, 5) is 24.3. The highest BCUT2D eigenvalue weighted by Crippen LogP contribution is 2.30. The maximum absolute atomic E-state index is 12.6. The third-order valence-corrected chi connectivity index (χ3v) is 6.07. The molecule has 28 heavy (non-hydrogen) atoms. The van der Waals surface area contributed by atoms with Crippen LogP contribution < -0.4 is 5.32 Å². The van der Waals surface area contributed by atoms with Crippen LogP contribution in [0, 0.1) is 0 Å². The molecule has 0 spiro atoms. The number of rotatable bonds is 4. The molecule has 0 radical (unpaired) electrons. The van der Waals surface area contributed by atoms with Crippen LogP contribution in [-0.4, -0.2) is 35.5 Å². The van der Waals surface area contributed by atoms with Gasteiger partial charge in [0.05, 0.1) is 16.0 Å². The number of fused-ring (bicyclic) bond motifs is 1. The van der Waals surface area contributed by atoms with E-state index in [1.807, 2.05) is 0 Å². The number of hydrogen-bond donors (Lipinski definition) is 2. The van der Waals surface area contributed by atoms with E-state index in [9.17, 15) is 13.2 Å². The summed E-state index contributed by atoms with van der Waals surface area (Å²) in [5, 5.41) is 5.27. The summed E-state index contributed by atoms with van der Waals surface area (Å²) in [5.41, 5.74) is 1.77. The van der Waals surface area contributed by atoms with Gasteiger partial charge in [-0.05, 0) is 30.3 Å². The second-order valence-corrected chi connectivity index (χ2v) is 9.31. The third-order valence-electron chi connectivity index (χ3n) is 4.01. The van der Waals surface area contributed by atoms with Crippen molar-refractivity contribution >= 4 is 54.8 Å². The summed E-state index contributed by atoms with van der Waals surface area (Å²) in [5.74, 6) is -0.0142. The van der Waals surface area contributed by atoms with E-state index in [4.69, 9.17) is 11.6 Å². The smallest absolute Gasteiger partial charge is 0.259 e. The molecule has 4 rings (SSSR count). The third kappa shape index (κ3) is 3.51. The molecule has 142 valence electrons. The molecule has 0 saturated carbocycles. The Hall–Kier alpha value is -2.75. The van der Waals surface area contributed by atoms with Crippen LogP contribution in [0.2, 0.25) is 5.02 Å². The Kier molecular flexibility index (Phi) is 4.66. The van der Waals surface area contributed by atoms with Crippen molar-refractivity contribution in [2.45, 2.75) is 4.90 Å². The first-order valence-electron chi connectivity index (χ1n) is 8.02. The molecule has 0 atom stereocenters. The number of nitrogens with one attached hydrogen (secondary N) is 2. The Bertz CT molecular complexity index is 1300. The number of amides is 1. The zero-order valence-corrected chi connectivity index (χ0v) is 16.8. The SMILES string of the molecule is CS(=O)(=O)c1cc(Cl)ccc1-c1nc2c(C(=O)Nc3nccs3)cccc2[nH]1. The Morgan fingerprint density at radius 3 is 2.79 bits per heavy atom. The standard InChI is InChI=1S/C18H13ClN4O3S2/c1-28(25,26)14-9-10(19)5-6-11(14)16-21-13-4-2-3-12(15(13)22-16)17(24)23-18-20-7-8-27-18/h2-9H,1H3,(H,21,22)(H,20,23,24). The zero-order chi connectivity index (χ0) is 19.9. The molecule has 0 aliphatic heterocycles. The number of hydrogen-bond acceptors (Lipinski definition) is 6. The number of thiazole rings is 1. The number of H-pyrrole nitrogens is 1. The summed E-state index contributed by atoms with van der Waals surface area (Å²) >= 11 is 7.28. The van der Waals surface area contributed by atoms with Gasteiger partial charge >= 0.3 is 0 Å². The van der Waals surface area contributed by atoms with E-state index in [0.29, 0.717) is 38.1 Å². The Morgan fingerprint density at radius 2 is 2.07 bits per heavy atom. The van der Waals surface area contributed by atoms with Gasteiger partial charge in [0.1, 0.15) is 11.3 Å². The van der Waals surface area contributed by atoms with Gasteiger partial charge < -0.3 is 4.98 Å². The summed E-state index contributed by atoms with van der Waals surface area (Å²) < 4.78 is 24.4. The van der Waals surface area contributed by atoms with Crippen LogP contribution in [0.3, 0.4) is 0 Å². The molecule has 4 aromatic rings. The van der Waals surface area contributed by atoms with Gasteiger partial charge in [-0.3, -0.25) is 10.1 Å². The number of para-hydroxylation sites is 1. The van der Waals surface area contributed by atoms with Gasteiger partial charge in [0.25, 0.3) is 5.91 Å². The molecule has 2 aromatic heterocycles. The number of aromatic amines is 1. The first kappa shape index (κ1) is 18.6. The van der Waals surface area contributed by atoms with Crippen molar-refractivity contribution in [2.24, 2.45) is 0 Å². The fraction of sp³-hybridized carbons (Fsp3) is 0.0556. The monoisotopic (exact) mass is 432 g/mol. The first-order chi connectivity index (χ1) is 13.3. The highest BCUT2D eigenvalue weighted by atomic mass is 35.5. The first-order valence-corrected chi connectivity index (χ1v) is 11.2. The molecule has 7 nitrogen and oxygen atoms in total. The summed E-state index contributed by atoms with van der Waals surface area (Å²) in [6, 6.07) is 9.70. The van der Waals surface area contributed by atoms with E-state index in [0.717, 1.165) is 6.26 Å². The molecule has 0 aliphatic rings. The lowest BCUT2D eigenvalue weighted by atomic mass is 10.2. The molecule has 0 bridgehead atoms. The number of anilines is 1. The molecule has 10 heteroatoms. The van der Waals surface area contributed by atoms with Gasteiger partial charge in [0.15, 0.2) is 15.0 Å². The van der Waals surface area contributed by atoms with E-state index in [-0.39, 0.29) is 10.8 Å². The highest BCUT2D eigenvalue weighted by molar-refractivity contribution is 7.90. The van der Waals surface area contributed by atoms with E-state index in [1.54, 1.807) is 41.9 Å². The number of sulfone groups is 1. The van der Waals surface area contributed by atoms with Crippen molar-refractivity contribution in [3.63, 3.8) is 0 Å². The number of aromatic nitrogens is 3. The van der Waals surface area contributed by atoms with E-state index in [2.05, 4.69) is 20.3 Å². The molecule has 0 unspecified atom stereocenters. The number of carbonyl (C=O) groups is 1. The van der Waals surface area contributed by atoms with Crippen LogP contribution in [0.4, 0.5) is 5.13 Å². The predicted molar refractivity (Wildman–Crippen MR) is 110 cm³/mol. The molecule has 2 N–H and O–H groups in total. The van der Waals surface area contributed by atoms with Crippen LogP contribution in [0.25, 0.3) is 22.4 Å². The highest BCUT2D eigenvalue weighted by Gasteiger charge is 2.20. The Balaban J connectivity index is 1.83. The van der Waals surface area contributed by atoms with Gasteiger partial charge in [0.2, 0.25) is 0 Å². The van der Waals surface area contributed by atoms with Crippen LogP contribution in [0.1, 0.15) is 10.4 Å². The number of carbonyl (C=O) groups excluding carboxylic acids is 1. The molecular formula is C18H13ClN4O3S2. The maximum atomic E-state index is 12.6. The predicted octanol–water partition coefficient (Wildman–Crippen LogP) is 4.00. The van der Waals surface area contributed by atoms with Gasteiger partial charge in [-0.25, -0.2) is 18.4 Å². The fourth-order valence-corrected chi connectivity index (χ4v) is 4.46. The number of benzene rings is 2. The minimum Gasteiger partial charge on any atom is -0.338 e. The Labute approximate surface area is 169 Å². The molecule has 0 fully saturated rings. The van der Waals surface area contributed by atoms with E-state index >= 15 is 0 Å². The zero-order valence-electron chi connectivity index (χ0n) is 14.4. The lowest BCUT2D eigenvalue weighted by molar-refractivity contribution is 0.102. The van der Waals surface area contributed by atoms with E-state index in [1.165, 1.54) is 17.4 Å². The molecule has 0 aliphatic carbocycles. The second-order valence-electron chi connectivity index (χ2n) is 5.99. The lowest BCUT2D eigenvalue weighted by Crippen LogP contribution is -2.12. The largest absolute Gasteiger partial charge is 0.338 e.